The summed E-state index contributed by atoms with van der Waals surface area (Å²) in [6.07, 6.45) is 0. The summed E-state index contributed by atoms with van der Waals surface area (Å²) in [7, 11) is 0. The van der Waals surface area contributed by atoms with E-state index >= 15 is 0 Å². The Balaban J connectivity index is -0.000000107. The van der Waals surface area contributed by atoms with E-state index in [1.54, 1.807) is 0 Å². The fraction of sp³-hybridized carbons (Fsp3) is 0.500. The van der Waals surface area contributed by atoms with Gasteiger partial charge in [0, 0.05) is 13.1 Å². The van der Waals surface area contributed by atoms with Crippen LogP contribution in [0.1, 0.15) is 0 Å². The summed E-state index contributed by atoms with van der Waals surface area (Å²) in [4.78, 5) is 18.3. The first-order chi connectivity index (χ1) is 4.54. The molecule has 0 rings (SSSR count). The van der Waals surface area contributed by atoms with Gasteiger partial charge in [-0.05, 0) is 0 Å². The minimum atomic E-state index is -1.22. The van der Waals surface area contributed by atoms with Crippen LogP contribution in [0.2, 0.25) is 0 Å². The van der Waals surface area contributed by atoms with Crippen molar-refractivity contribution >= 4 is 29.0 Å². The molecule has 0 bridgehead atoms. The number of hydrogen-bond acceptors (Lipinski definition) is 6. The van der Waals surface area contributed by atoms with Crippen LogP contribution in [0.4, 0.5) is 0 Å². The second-order valence-corrected chi connectivity index (χ2v) is 1.15. The van der Waals surface area contributed by atoms with E-state index in [1.807, 2.05) is 0 Å². The van der Waals surface area contributed by atoms with Crippen LogP contribution in [0, 0.1) is 0 Å². The molecule has 0 heterocycles. The number of carboxylic acids is 2. The van der Waals surface area contributed by atoms with Crippen LogP contribution in [-0.2, 0) is 9.59 Å². The Morgan fingerprint density at radius 2 is 1.09 bits per heavy atom. The number of carboxylic acid groups (broad SMARTS) is 2. The molecule has 64 valence electrons. The van der Waals surface area contributed by atoms with Crippen molar-refractivity contribution in [1.82, 2.24) is 0 Å². The van der Waals surface area contributed by atoms with Crippen LogP contribution in [0.5, 0.6) is 0 Å². The maximum atomic E-state index is 9.13. The van der Waals surface area contributed by atoms with Crippen LogP contribution in [0.3, 0.4) is 0 Å². The minimum absolute atomic E-state index is 0. The molecule has 0 aromatic carbocycles. The van der Waals surface area contributed by atoms with Gasteiger partial charge < -0.3 is 31.3 Å². The van der Waals surface area contributed by atoms with E-state index in [-0.39, 0.29) is 30.2 Å². The molecule has 7 heteroatoms. The van der Waals surface area contributed by atoms with Crippen molar-refractivity contribution in [3.63, 3.8) is 0 Å². The van der Waals surface area contributed by atoms with E-state index in [1.165, 1.54) is 0 Å². The van der Waals surface area contributed by atoms with Crippen LogP contribution in [0.15, 0.2) is 0 Å². The fourth-order valence-electron chi connectivity index (χ4n) is 0. The molecule has 4 radical (unpaired) electrons. The van der Waals surface area contributed by atoms with Crippen molar-refractivity contribution in [2.75, 3.05) is 13.1 Å². The molecule has 0 fully saturated rings. The van der Waals surface area contributed by atoms with Gasteiger partial charge in [-0.25, -0.2) is 0 Å². The molecule has 0 saturated heterocycles. The molecule has 0 amide bonds. The van der Waals surface area contributed by atoms with E-state index in [9.17, 15) is 0 Å². The third-order valence-electron chi connectivity index (χ3n) is 0.333. The van der Waals surface area contributed by atoms with Crippen molar-refractivity contribution in [1.29, 1.82) is 0 Å². The van der Waals surface area contributed by atoms with Crippen LogP contribution < -0.4 is 21.7 Å². The Labute approximate surface area is 74.0 Å². The largest absolute Gasteiger partial charge is 2.00 e. The number of aliphatic carboxylic acids is 2. The Bertz CT molecular complexity index is 105. The minimum Gasteiger partial charge on any atom is -0.549 e. The zero-order valence-corrected chi connectivity index (χ0v) is 7.32. The third-order valence-corrected chi connectivity index (χ3v) is 0.333. The first-order valence-electron chi connectivity index (χ1n) is 2.34. The number of nitrogens with two attached hydrogens (primary N) is 2. The van der Waals surface area contributed by atoms with E-state index in [0.717, 1.165) is 0 Å². The molecule has 0 spiro atoms. The number of hydrogen-bond donors (Lipinski definition) is 2. The molecule has 0 saturated carbocycles. The average molecular weight is 227 g/mol. The summed E-state index contributed by atoms with van der Waals surface area (Å²) in [6.45, 7) is -0.778. The van der Waals surface area contributed by atoms with Crippen molar-refractivity contribution in [3.8, 4) is 0 Å². The molecule has 11 heavy (non-hydrogen) atoms. The summed E-state index contributed by atoms with van der Waals surface area (Å²) in [6, 6.07) is 0. The summed E-state index contributed by atoms with van der Waals surface area (Å²) in [5, 5.41) is 18.3. The van der Waals surface area contributed by atoms with Crippen LogP contribution >= 0.6 is 0 Å². The topological polar surface area (TPSA) is 132 Å². The Hall–Kier alpha value is -0.621. The van der Waals surface area contributed by atoms with Gasteiger partial charge in [0.1, 0.15) is 0 Å². The Morgan fingerprint density at radius 3 is 1.09 bits per heavy atom. The molecule has 0 aromatic rings. The molecular formula is C4H8N2O4Se. The summed E-state index contributed by atoms with van der Waals surface area (Å²) in [5.41, 5.74) is 9.02. The third kappa shape index (κ3) is 44.7. The first-order valence-corrected chi connectivity index (χ1v) is 2.34. The van der Waals surface area contributed by atoms with Gasteiger partial charge in [-0.2, -0.15) is 0 Å². The second-order valence-electron chi connectivity index (χ2n) is 1.15. The SMILES string of the molecule is NCC(=O)[O-].NCC(=O)[O-].[Se+2]. The van der Waals surface area contributed by atoms with Crippen LogP contribution in [-0.4, -0.2) is 42.1 Å². The summed E-state index contributed by atoms with van der Waals surface area (Å²) < 4.78 is 0. The zero-order chi connectivity index (χ0) is 8.57. The van der Waals surface area contributed by atoms with Gasteiger partial charge in [0.15, 0.2) is 0 Å². The fourth-order valence-corrected chi connectivity index (χ4v) is 0. The predicted molar refractivity (Wildman–Crippen MR) is 33.9 cm³/mol. The normalized spacial score (nSPS) is 6.73. The van der Waals surface area contributed by atoms with Crippen molar-refractivity contribution in [3.05, 3.63) is 0 Å². The van der Waals surface area contributed by atoms with Crippen LogP contribution in [0.25, 0.3) is 0 Å². The number of carbonyl (C=O) groups is 2. The predicted octanol–water partition coefficient (Wildman–Crippen LogP) is -4.99. The number of rotatable bonds is 2. The average Bonchev–Trinajstić information content (AvgIpc) is 1.89. The molecule has 0 aliphatic heterocycles. The van der Waals surface area contributed by atoms with Gasteiger partial charge in [0.2, 0.25) is 0 Å². The standard InChI is InChI=1S/2C2H5NO2.Se/c2*3-1-2(4)5;/h2*1,3H2,(H,4,5);/q;;+2/p-2. The maximum absolute atomic E-state index is 9.13. The molecule has 0 aliphatic carbocycles. The Morgan fingerprint density at radius 1 is 1.00 bits per heavy atom. The molecule has 0 aromatic heterocycles. The summed E-state index contributed by atoms with van der Waals surface area (Å²) >= 11 is 0. The van der Waals surface area contributed by atoms with Gasteiger partial charge in [0.25, 0.3) is 0 Å². The van der Waals surface area contributed by atoms with Gasteiger partial charge in [-0.3, -0.25) is 0 Å². The first kappa shape index (κ1) is 16.8. The van der Waals surface area contributed by atoms with Crippen molar-refractivity contribution < 1.29 is 19.8 Å². The maximum Gasteiger partial charge on any atom is 2.00 e. The van der Waals surface area contributed by atoms with Gasteiger partial charge in [-0.15, -0.1) is 0 Å². The second kappa shape index (κ2) is 12.1. The molecule has 0 unspecified atom stereocenters. The van der Waals surface area contributed by atoms with Crippen molar-refractivity contribution in [2.24, 2.45) is 11.5 Å². The van der Waals surface area contributed by atoms with E-state index < -0.39 is 11.9 Å². The summed E-state index contributed by atoms with van der Waals surface area (Å²) in [5.74, 6) is -2.44. The molecule has 6 nitrogen and oxygen atoms in total. The number of carbonyl (C=O) groups excluding carboxylic acids is 2. The van der Waals surface area contributed by atoms with E-state index in [0.29, 0.717) is 0 Å². The monoisotopic (exact) mass is 228 g/mol. The Kier molecular flexibility index (Phi) is 18.4. The van der Waals surface area contributed by atoms with Gasteiger partial charge in [-0.1, -0.05) is 0 Å². The van der Waals surface area contributed by atoms with E-state index in [2.05, 4.69) is 11.5 Å². The molecule has 0 aliphatic rings. The zero-order valence-electron chi connectivity index (χ0n) is 5.61. The van der Waals surface area contributed by atoms with Crippen molar-refractivity contribution in [2.45, 2.75) is 0 Å². The van der Waals surface area contributed by atoms with Gasteiger partial charge >= 0.3 is 17.1 Å². The molecule has 0 atom stereocenters. The van der Waals surface area contributed by atoms with E-state index in [4.69, 9.17) is 19.8 Å². The quantitative estimate of drug-likeness (QED) is 0.454. The molecule has 4 N–H and O–H groups in total. The van der Waals surface area contributed by atoms with Gasteiger partial charge in [0.05, 0.1) is 11.9 Å². The molecular weight excluding hydrogens is 219 g/mol. The smallest absolute Gasteiger partial charge is 0.549 e.